The monoisotopic (exact) mass is 436 g/mol. The van der Waals surface area contributed by atoms with E-state index in [0.717, 1.165) is 0 Å². The first-order chi connectivity index (χ1) is 14.7. The molecule has 0 spiro atoms. The third-order valence-electron chi connectivity index (χ3n) is 4.35. The predicted octanol–water partition coefficient (Wildman–Crippen LogP) is 2.62. The van der Waals surface area contributed by atoms with Crippen LogP contribution in [0.1, 0.15) is 27.6 Å². The van der Waals surface area contributed by atoms with E-state index in [9.17, 15) is 18.4 Å². The molecule has 0 atom stereocenters. The fourth-order valence-corrected chi connectivity index (χ4v) is 2.83. The number of methoxy groups -OCH3 is 1. The van der Waals surface area contributed by atoms with Crippen molar-refractivity contribution >= 4 is 11.8 Å². The number of carbonyl (C=O) groups is 2. The normalized spacial score (nSPS) is 10.9. The number of esters is 1. The van der Waals surface area contributed by atoms with Crippen LogP contribution in [0.2, 0.25) is 0 Å². The van der Waals surface area contributed by atoms with Crippen molar-refractivity contribution in [2.24, 2.45) is 7.05 Å². The molecule has 3 rings (SSSR count). The molecular weight excluding hydrogens is 418 g/mol. The maximum Gasteiger partial charge on any atom is 0.387 e. The maximum absolute atomic E-state index is 12.4. The van der Waals surface area contributed by atoms with Gasteiger partial charge in [-0.3, -0.25) is 9.48 Å². The number of carbonyl (C=O) groups excluding carboxylic acids is 2. The Labute approximate surface area is 174 Å². The molecule has 3 aromatic rings. The van der Waals surface area contributed by atoms with Gasteiger partial charge in [-0.25, -0.2) is 4.79 Å². The van der Waals surface area contributed by atoms with E-state index in [2.05, 4.69) is 20.0 Å². The number of aromatic nitrogens is 4. The highest BCUT2D eigenvalue weighted by Crippen LogP contribution is 2.32. The average molecular weight is 436 g/mol. The molecule has 0 bridgehead atoms. The fraction of sp³-hybridized carbons (Fsp3) is 0.316. The van der Waals surface area contributed by atoms with Crippen molar-refractivity contribution in [1.29, 1.82) is 0 Å². The number of ketones is 1. The van der Waals surface area contributed by atoms with E-state index >= 15 is 0 Å². The summed E-state index contributed by atoms with van der Waals surface area (Å²) in [5.74, 6) is -2.00. The smallest absolute Gasteiger partial charge is 0.387 e. The molecule has 0 radical (unpaired) electrons. The van der Waals surface area contributed by atoms with Gasteiger partial charge in [0.15, 0.2) is 18.1 Å². The summed E-state index contributed by atoms with van der Waals surface area (Å²) in [4.78, 5) is 28.5. The number of hydrogen-bond acceptors (Lipinski definition) is 9. The minimum absolute atomic E-state index is 0.0448. The standard InChI is InChI=1S/C19H18F2N4O6/c1-9-15(10(2)25(3)23-9)16(26)18(27)29-8-14-22-17(24-31-14)11-5-6-12(30-19(20)21)13(7-11)28-4/h5-7,19H,8H2,1-4H3. The summed E-state index contributed by atoms with van der Waals surface area (Å²) >= 11 is 0. The van der Waals surface area contributed by atoms with Crippen molar-refractivity contribution in [3.63, 3.8) is 0 Å². The van der Waals surface area contributed by atoms with Crippen LogP contribution in [0.25, 0.3) is 11.4 Å². The van der Waals surface area contributed by atoms with Crippen molar-refractivity contribution in [3.8, 4) is 22.9 Å². The lowest BCUT2D eigenvalue weighted by Gasteiger charge is -2.10. The molecule has 0 saturated carbocycles. The van der Waals surface area contributed by atoms with Crippen LogP contribution in [0.3, 0.4) is 0 Å². The maximum atomic E-state index is 12.4. The van der Waals surface area contributed by atoms with Gasteiger partial charge in [0.05, 0.1) is 18.4 Å². The highest BCUT2D eigenvalue weighted by molar-refractivity contribution is 6.41. The summed E-state index contributed by atoms with van der Waals surface area (Å²) in [5.41, 5.74) is 1.51. The number of halogens is 2. The zero-order chi connectivity index (χ0) is 22.7. The van der Waals surface area contributed by atoms with Crippen LogP contribution in [-0.4, -0.2) is 45.4 Å². The molecule has 12 heteroatoms. The summed E-state index contributed by atoms with van der Waals surface area (Å²) in [6.07, 6.45) is 0. The predicted molar refractivity (Wildman–Crippen MR) is 99.7 cm³/mol. The van der Waals surface area contributed by atoms with E-state index in [1.54, 1.807) is 20.9 Å². The Morgan fingerprint density at radius 2 is 1.97 bits per heavy atom. The Kier molecular flexibility index (Phi) is 6.28. The molecule has 31 heavy (non-hydrogen) atoms. The number of Topliss-reactive ketones (excluding diaryl/α,β-unsaturated/α-hetero) is 1. The van der Waals surface area contributed by atoms with Gasteiger partial charge in [0.2, 0.25) is 5.82 Å². The molecule has 0 amide bonds. The summed E-state index contributed by atoms with van der Waals surface area (Å²) in [5, 5.41) is 7.84. The van der Waals surface area contributed by atoms with Gasteiger partial charge in [-0.15, -0.1) is 0 Å². The van der Waals surface area contributed by atoms with Crippen molar-refractivity contribution in [2.45, 2.75) is 27.1 Å². The molecule has 0 saturated heterocycles. The quantitative estimate of drug-likeness (QED) is 0.298. The third kappa shape index (κ3) is 4.68. The third-order valence-corrected chi connectivity index (χ3v) is 4.35. The van der Waals surface area contributed by atoms with Crippen LogP contribution in [0, 0.1) is 13.8 Å². The second-order valence-electron chi connectivity index (χ2n) is 6.33. The van der Waals surface area contributed by atoms with E-state index in [-0.39, 0.29) is 28.8 Å². The Bertz CT molecular complexity index is 1120. The number of hydrogen-bond donors (Lipinski definition) is 0. The Hall–Kier alpha value is -3.83. The van der Waals surface area contributed by atoms with Crippen LogP contribution in [0.4, 0.5) is 8.78 Å². The van der Waals surface area contributed by atoms with Gasteiger partial charge >= 0.3 is 12.6 Å². The lowest BCUT2D eigenvalue weighted by molar-refractivity contribution is -0.140. The average Bonchev–Trinajstić information content (AvgIpc) is 3.29. The molecular formula is C19H18F2N4O6. The molecule has 0 aliphatic rings. The first-order valence-corrected chi connectivity index (χ1v) is 8.88. The number of aryl methyl sites for hydroxylation is 2. The summed E-state index contributed by atoms with van der Waals surface area (Å²) in [7, 11) is 2.95. The van der Waals surface area contributed by atoms with Crippen LogP contribution < -0.4 is 9.47 Å². The largest absolute Gasteiger partial charge is 0.493 e. The van der Waals surface area contributed by atoms with Crippen LogP contribution in [-0.2, 0) is 23.2 Å². The molecule has 0 N–H and O–H groups in total. The van der Waals surface area contributed by atoms with Crippen LogP contribution >= 0.6 is 0 Å². The minimum Gasteiger partial charge on any atom is -0.493 e. The van der Waals surface area contributed by atoms with E-state index in [1.165, 1.54) is 30.0 Å². The topological polar surface area (TPSA) is 119 Å². The van der Waals surface area contributed by atoms with Gasteiger partial charge in [-0.05, 0) is 32.0 Å². The second-order valence-corrected chi connectivity index (χ2v) is 6.33. The van der Waals surface area contributed by atoms with Gasteiger partial charge < -0.3 is 18.7 Å². The Morgan fingerprint density at radius 1 is 1.23 bits per heavy atom. The Morgan fingerprint density at radius 3 is 2.58 bits per heavy atom. The number of nitrogens with zero attached hydrogens (tertiary/aromatic N) is 4. The molecule has 2 aromatic heterocycles. The van der Waals surface area contributed by atoms with E-state index < -0.39 is 25.0 Å². The van der Waals surface area contributed by atoms with E-state index in [0.29, 0.717) is 17.0 Å². The van der Waals surface area contributed by atoms with E-state index in [1.807, 2.05) is 0 Å². The zero-order valence-corrected chi connectivity index (χ0v) is 17.0. The lowest BCUT2D eigenvalue weighted by atomic mass is 10.1. The molecule has 2 heterocycles. The van der Waals surface area contributed by atoms with Gasteiger partial charge in [0.1, 0.15) is 0 Å². The first-order valence-electron chi connectivity index (χ1n) is 8.88. The Balaban J connectivity index is 1.69. The zero-order valence-electron chi connectivity index (χ0n) is 17.0. The van der Waals surface area contributed by atoms with E-state index in [4.69, 9.17) is 14.0 Å². The molecule has 1 aromatic carbocycles. The van der Waals surface area contributed by atoms with Crippen LogP contribution in [0.15, 0.2) is 22.7 Å². The molecule has 164 valence electrons. The molecule has 0 aliphatic heterocycles. The molecule has 0 fully saturated rings. The first kappa shape index (κ1) is 21.9. The minimum atomic E-state index is -3.01. The lowest BCUT2D eigenvalue weighted by Crippen LogP contribution is -2.19. The van der Waals surface area contributed by atoms with Crippen molar-refractivity contribution in [1.82, 2.24) is 19.9 Å². The van der Waals surface area contributed by atoms with Gasteiger partial charge in [0, 0.05) is 18.3 Å². The van der Waals surface area contributed by atoms with Gasteiger partial charge in [-0.1, -0.05) is 5.16 Å². The fourth-order valence-electron chi connectivity index (χ4n) is 2.83. The number of rotatable bonds is 8. The molecule has 0 aliphatic carbocycles. The van der Waals surface area contributed by atoms with Crippen molar-refractivity contribution < 1.29 is 37.1 Å². The van der Waals surface area contributed by atoms with Crippen LogP contribution in [0.5, 0.6) is 11.5 Å². The van der Waals surface area contributed by atoms with Crippen molar-refractivity contribution in [2.75, 3.05) is 7.11 Å². The number of alkyl halides is 2. The number of ether oxygens (including phenoxy) is 3. The van der Waals surface area contributed by atoms with Gasteiger partial charge in [-0.2, -0.15) is 18.9 Å². The molecule has 0 unspecified atom stereocenters. The summed E-state index contributed by atoms with van der Waals surface area (Å²) in [6.45, 7) is -0.159. The highest BCUT2D eigenvalue weighted by Gasteiger charge is 2.26. The highest BCUT2D eigenvalue weighted by atomic mass is 19.3. The second kappa shape index (κ2) is 8.90. The van der Waals surface area contributed by atoms with Crippen molar-refractivity contribution in [3.05, 3.63) is 41.0 Å². The molecule has 10 nitrogen and oxygen atoms in total. The SMILES string of the molecule is COc1cc(-c2noc(COC(=O)C(=O)c3c(C)nn(C)c3C)n2)ccc1OC(F)F. The summed E-state index contributed by atoms with van der Waals surface area (Å²) in [6, 6.07) is 4.09. The number of benzene rings is 1. The van der Waals surface area contributed by atoms with Gasteiger partial charge in [0.25, 0.3) is 11.7 Å². The summed E-state index contributed by atoms with van der Waals surface area (Å²) < 4.78 is 45.7.